The van der Waals surface area contributed by atoms with Crippen molar-refractivity contribution in [2.45, 2.75) is 12.8 Å². The Morgan fingerprint density at radius 2 is 2.33 bits per heavy atom. The molecule has 1 N–H and O–H groups in total. The molecule has 1 aromatic carbocycles. The van der Waals surface area contributed by atoms with Gasteiger partial charge in [0.2, 0.25) is 0 Å². The Bertz CT molecular complexity index is 453. The van der Waals surface area contributed by atoms with E-state index in [4.69, 9.17) is 5.11 Å². The Balaban J connectivity index is 2.08. The van der Waals surface area contributed by atoms with Gasteiger partial charge in [0.15, 0.2) is 0 Å². The second kappa shape index (κ2) is 5.69. The van der Waals surface area contributed by atoms with Crippen LogP contribution < -0.4 is 0 Å². The van der Waals surface area contributed by atoms with Gasteiger partial charge >= 0.3 is 0 Å². The Hall–Kier alpha value is -1.10. The van der Waals surface area contributed by atoms with Crippen LogP contribution >= 0.6 is 15.9 Å². The van der Waals surface area contributed by atoms with Crippen LogP contribution in [0.15, 0.2) is 18.2 Å². The first-order chi connectivity index (χ1) is 8.61. The molecule has 1 atom stereocenters. The van der Waals surface area contributed by atoms with E-state index in [-0.39, 0.29) is 17.2 Å². The summed E-state index contributed by atoms with van der Waals surface area (Å²) in [6.07, 6.45) is 2.00. The minimum atomic E-state index is -0.663. The fourth-order valence-electron chi connectivity index (χ4n) is 2.25. The lowest BCUT2D eigenvalue weighted by molar-refractivity contribution is 0.0782. The highest BCUT2D eigenvalue weighted by atomic mass is 79.9. The summed E-state index contributed by atoms with van der Waals surface area (Å²) in [4.78, 5) is 13.8. The number of alkyl halides is 1. The number of phenolic OH excluding ortho intramolecular Hbond substituents is 1. The second-order valence-electron chi connectivity index (χ2n) is 4.55. The Morgan fingerprint density at radius 1 is 1.56 bits per heavy atom. The van der Waals surface area contributed by atoms with Gasteiger partial charge in [0.25, 0.3) is 5.91 Å². The average molecular weight is 316 g/mol. The summed E-state index contributed by atoms with van der Waals surface area (Å²) in [7, 11) is 0. The third-order valence-electron chi connectivity index (χ3n) is 3.27. The van der Waals surface area contributed by atoms with Gasteiger partial charge in [-0.2, -0.15) is 0 Å². The van der Waals surface area contributed by atoms with E-state index in [1.165, 1.54) is 12.1 Å². The normalized spacial score (nSPS) is 19.2. The standard InChI is InChI=1S/C13H15BrFNO2/c14-5-3-9-4-6-16(8-9)13(18)11-2-1-10(17)7-12(11)15/h1-2,7,9,17H,3-6,8H2. The number of hydrogen-bond donors (Lipinski definition) is 1. The molecule has 0 aromatic heterocycles. The van der Waals surface area contributed by atoms with Gasteiger partial charge in [-0.15, -0.1) is 0 Å². The van der Waals surface area contributed by atoms with Crippen LogP contribution in [-0.2, 0) is 0 Å². The van der Waals surface area contributed by atoms with Gasteiger partial charge in [-0.3, -0.25) is 4.79 Å². The number of phenols is 1. The van der Waals surface area contributed by atoms with Crippen molar-refractivity contribution in [3.63, 3.8) is 0 Å². The van der Waals surface area contributed by atoms with Crippen molar-refractivity contribution in [1.29, 1.82) is 0 Å². The molecule has 18 heavy (non-hydrogen) atoms. The number of halogens is 2. The lowest BCUT2D eigenvalue weighted by Crippen LogP contribution is -2.29. The molecule has 0 aliphatic carbocycles. The molecule has 0 bridgehead atoms. The van der Waals surface area contributed by atoms with Gasteiger partial charge in [0.1, 0.15) is 11.6 Å². The van der Waals surface area contributed by atoms with E-state index in [0.717, 1.165) is 24.2 Å². The van der Waals surface area contributed by atoms with Crippen molar-refractivity contribution in [1.82, 2.24) is 4.90 Å². The van der Waals surface area contributed by atoms with Gasteiger partial charge in [0, 0.05) is 24.5 Å². The fourth-order valence-corrected chi connectivity index (χ4v) is 2.90. The lowest BCUT2D eigenvalue weighted by Gasteiger charge is -2.16. The van der Waals surface area contributed by atoms with Crippen LogP contribution in [0.5, 0.6) is 5.75 Å². The predicted octanol–water partition coefficient (Wildman–Crippen LogP) is 2.78. The highest BCUT2D eigenvalue weighted by Crippen LogP contribution is 2.24. The molecule has 1 aromatic rings. The molecule has 1 unspecified atom stereocenters. The monoisotopic (exact) mass is 315 g/mol. The zero-order chi connectivity index (χ0) is 13.1. The lowest BCUT2D eigenvalue weighted by atomic mass is 10.1. The zero-order valence-corrected chi connectivity index (χ0v) is 11.5. The van der Waals surface area contributed by atoms with E-state index in [1.54, 1.807) is 4.90 Å². The van der Waals surface area contributed by atoms with Crippen LogP contribution in [0.1, 0.15) is 23.2 Å². The molecule has 1 aliphatic rings. The number of rotatable bonds is 3. The number of amides is 1. The highest BCUT2D eigenvalue weighted by Gasteiger charge is 2.27. The molecular formula is C13H15BrFNO2. The van der Waals surface area contributed by atoms with Crippen molar-refractivity contribution in [2.24, 2.45) is 5.92 Å². The number of carbonyl (C=O) groups excluding carboxylic acids is 1. The second-order valence-corrected chi connectivity index (χ2v) is 5.34. The fraction of sp³-hybridized carbons (Fsp3) is 0.462. The quantitative estimate of drug-likeness (QED) is 0.871. The molecule has 1 amide bonds. The average Bonchev–Trinajstić information content (AvgIpc) is 2.77. The van der Waals surface area contributed by atoms with E-state index in [0.29, 0.717) is 19.0 Å². The molecular weight excluding hydrogens is 301 g/mol. The summed E-state index contributed by atoms with van der Waals surface area (Å²) in [5.74, 6) is -0.621. The molecule has 1 saturated heterocycles. The molecule has 2 rings (SSSR count). The maximum atomic E-state index is 13.6. The van der Waals surface area contributed by atoms with E-state index < -0.39 is 5.82 Å². The number of hydrogen-bond acceptors (Lipinski definition) is 2. The number of nitrogens with zero attached hydrogens (tertiary/aromatic N) is 1. The maximum Gasteiger partial charge on any atom is 0.256 e. The Kier molecular flexibility index (Phi) is 4.22. The minimum absolute atomic E-state index is 0.0345. The molecule has 0 saturated carbocycles. The molecule has 3 nitrogen and oxygen atoms in total. The summed E-state index contributed by atoms with van der Waals surface area (Å²) in [5, 5.41) is 10.1. The van der Waals surface area contributed by atoms with Crippen molar-refractivity contribution in [3.8, 4) is 5.75 Å². The molecule has 0 radical (unpaired) electrons. The van der Waals surface area contributed by atoms with E-state index in [1.807, 2.05) is 0 Å². The van der Waals surface area contributed by atoms with Crippen molar-refractivity contribution >= 4 is 21.8 Å². The van der Waals surface area contributed by atoms with Crippen molar-refractivity contribution in [3.05, 3.63) is 29.6 Å². The van der Waals surface area contributed by atoms with E-state index >= 15 is 0 Å². The summed E-state index contributed by atoms with van der Waals surface area (Å²) < 4.78 is 13.6. The van der Waals surface area contributed by atoms with E-state index in [2.05, 4.69) is 15.9 Å². The molecule has 0 spiro atoms. The van der Waals surface area contributed by atoms with Crippen molar-refractivity contribution in [2.75, 3.05) is 18.4 Å². The van der Waals surface area contributed by atoms with Crippen LogP contribution in [0.2, 0.25) is 0 Å². The number of aromatic hydroxyl groups is 1. The van der Waals surface area contributed by atoms with Gasteiger partial charge < -0.3 is 10.0 Å². The summed E-state index contributed by atoms with van der Waals surface area (Å²) in [6.45, 7) is 1.36. The first-order valence-electron chi connectivity index (χ1n) is 5.95. The molecule has 5 heteroatoms. The van der Waals surface area contributed by atoms with Gasteiger partial charge in [-0.25, -0.2) is 4.39 Å². The van der Waals surface area contributed by atoms with Gasteiger partial charge in [0.05, 0.1) is 5.56 Å². The SMILES string of the molecule is O=C(c1ccc(O)cc1F)N1CCC(CCBr)C1. The van der Waals surface area contributed by atoms with Crippen LogP contribution in [-0.4, -0.2) is 34.3 Å². The van der Waals surface area contributed by atoms with Crippen molar-refractivity contribution < 1.29 is 14.3 Å². The molecule has 1 heterocycles. The first-order valence-corrected chi connectivity index (χ1v) is 7.07. The Morgan fingerprint density at radius 3 is 3.00 bits per heavy atom. The largest absolute Gasteiger partial charge is 0.508 e. The third kappa shape index (κ3) is 2.83. The third-order valence-corrected chi connectivity index (χ3v) is 3.73. The topological polar surface area (TPSA) is 40.5 Å². The summed E-state index contributed by atoms with van der Waals surface area (Å²) in [5.41, 5.74) is 0.0345. The molecule has 1 fully saturated rings. The molecule has 98 valence electrons. The number of benzene rings is 1. The van der Waals surface area contributed by atoms with Crippen LogP contribution in [0.4, 0.5) is 4.39 Å². The maximum absolute atomic E-state index is 13.6. The highest BCUT2D eigenvalue weighted by molar-refractivity contribution is 9.09. The first kappa shape index (κ1) is 13.3. The predicted molar refractivity (Wildman–Crippen MR) is 70.5 cm³/mol. The van der Waals surface area contributed by atoms with Crippen LogP contribution in [0.25, 0.3) is 0 Å². The minimum Gasteiger partial charge on any atom is -0.508 e. The van der Waals surface area contributed by atoms with Crippen LogP contribution in [0.3, 0.4) is 0 Å². The summed E-state index contributed by atoms with van der Waals surface area (Å²) >= 11 is 3.39. The van der Waals surface area contributed by atoms with E-state index in [9.17, 15) is 9.18 Å². The number of carbonyl (C=O) groups is 1. The van der Waals surface area contributed by atoms with Crippen LogP contribution in [0, 0.1) is 11.7 Å². The molecule has 1 aliphatic heterocycles. The summed E-state index contributed by atoms with van der Waals surface area (Å²) in [6, 6.07) is 3.65. The number of likely N-dealkylation sites (tertiary alicyclic amines) is 1. The van der Waals surface area contributed by atoms with Gasteiger partial charge in [-0.05, 0) is 30.9 Å². The Labute approximate surface area is 114 Å². The zero-order valence-electron chi connectivity index (χ0n) is 9.90. The van der Waals surface area contributed by atoms with Gasteiger partial charge in [-0.1, -0.05) is 15.9 Å². The smallest absolute Gasteiger partial charge is 0.256 e.